The quantitative estimate of drug-likeness (QED) is 0.869. The van der Waals surface area contributed by atoms with Gasteiger partial charge in [0.05, 0.1) is 14.2 Å². The van der Waals surface area contributed by atoms with E-state index in [9.17, 15) is 13.2 Å². The van der Waals surface area contributed by atoms with Crippen molar-refractivity contribution in [3.05, 3.63) is 18.2 Å². The lowest BCUT2D eigenvalue weighted by atomic mass is 10.2. The molecule has 1 aliphatic rings. The minimum atomic E-state index is -3.93. The van der Waals surface area contributed by atoms with Gasteiger partial charge in [-0.3, -0.25) is 4.79 Å². The summed E-state index contributed by atoms with van der Waals surface area (Å²) in [5, 5.41) is 9.15. The number of methoxy groups -OCH3 is 2. The molecule has 1 unspecified atom stereocenters. The molecule has 1 fully saturated rings. The Bertz CT molecular complexity index is 642. The second-order valence-corrected chi connectivity index (χ2v) is 6.49. The van der Waals surface area contributed by atoms with Crippen molar-refractivity contribution < 1.29 is 27.8 Å². The molecule has 2 rings (SSSR count). The van der Waals surface area contributed by atoms with E-state index < -0.39 is 22.0 Å². The lowest BCUT2D eigenvalue weighted by molar-refractivity contribution is -0.140. The molecule has 0 bridgehead atoms. The highest BCUT2D eigenvalue weighted by Crippen LogP contribution is 2.33. The Morgan fingerprint density at radius 2 is 2.05 bits per heavy atom. The van der Waals surface area contributed by atoms with Crippen LogP contribution in [-0.2, 0) is 14.8 Å². The Morgan fingerprint density at radius 1 is 1.33 bits per heavy atom. The first-order chi connectivity index (χ1) is 9.91. The van der Waals surface area contributed by atoms with Gasteiger partial charge in [-0.1, -0.05) is 0 Å². The van der Waals surface area contributed by atoms with Crippen LogP contribution in [0.1, 0.15) is 12.8 Å². The van der Waals surface area contributed by atoms with Crippen LogP contribution in [0.25, 0.3) is 0 Å². The zero-order valence-electron chi connectivity index (χ0n) is 11.8. The van der Waals surface area contributed by atoms with Crippen LogP contribution in [0.15, 0.2) is 23.1 Å². The number of carboxylic acid groups (broad SMARTS) is 1. The summed E-state index contributed by atoms with van der Waals surface area (Å²) in [4.78, 5) is 11.1. The van der Waals surface area contributed by atoms with E-state index in [1.54, 1.807) is 0 Å². The third-order valence-electron chi connectivity index (χ3n) is 3.45. The molecule has 1 aliphatic heterocycles. The van der Waals surface area contributed by atoms with E-state index in [1.165, 1.54) is 32.4 Å². The van der Waals surface area contributed by atoms with Crippen LogP contribution < -0.4 is 9.47 Å². The summed E-state index contributed by atoms with van der Waals surface area (Å²) in [6.07, 6.45) is 0.835. The van der Waals surface area contributed by atoms with Crippen molar-refractivity contribution in [3.8, 4) is 11.5 Å². The molecule has 1 heterocycles. The highest BCUT2D eigenvalue weighted by molar-refractivity contribution is 7.89. The van der Waals surface area contributed by atoms with E-state index in [-0.39, 0.29) is 17.2 Å². The average Bonchev–Trinajstić information content (AvgIpc) is 2.96. The molecule has 0 aromatic heterocycles. The van der Waals surface area contributed by atoms with Gasteiger partial charge in [0.25, 0.3) is 0 Å². The number of aliphatic carboxylic acids is 1. The predicted octanol–water partition coefficient (Wildman–Crippen LogP) is 0.941. The van der Waals surface area contributed by atoms with Crippen molar-refractivity contribution >= 4 is 16.0 Å². The third-order valence-corrected chi connectivity index (χ3v) is 5.39. The summed E-state index contributed by atoms with van der Waals surface area (Å²) in [5.41, 5.74) is 0. The molecule has 0 aliphatic carbocycles. The third kappa shape index (κ3) is 2.81. The van der Waals surface area contributed by atoms with Gasteiger partial charge in [0.1, 0.15) is 22.4 Å². The SMILES string of the molecule is COc1ccc(S(=O)(=O)N2CCCC2C(=O)O)c(OC)c1. The van der Waals surface area contributed by atoms with E-state index in [1.807, 2.05) is 0 Å². The lowest BCUT2D eigenvalue weighted by Gasteiger charge is -2.22. The van der Waals surface area contributed by atoms with Crippen LogP contribution in [-0.4, -0.2) is 50.6 Å². The van der Waals surface area contributed by atoms with E-state index in [0.717, 1.165) is 4.31 Å². The summed E-state index contributed by atoms with van der Waals surface area (Å²) in [6.45, 7) is 0.189. The number of rotatable bonds is 5. The van der Waals surface area contributed by atoms with Crippen LogP contribution in [0.5, 0.6) is 11.5 Å². The number of hydrogen-bond acceptors (Lipinski definition) is 5. The molecule has 21 heavy (non-hydrogen) atoms. The van der Waals surface area contributed by atoms with Crippen molar-refractivity contribution in [2.45, 2.75) is 23.8 Å². The molecule has 116 valence electrons. The number of carbonyl (C=O) groups is 1. The zero-order chi connectivity index (χ0) is 15.6. The monoisotopic (exact) mass is 315 g/mol. The van der Waals surface area contributed by atoms with E-state index in [4.69, 9.17) is 14.6 Å². The van der Waals surface area contributed by atoms with Gasteiger partial charge in [-0.25, -0.2) is 8.42 Å². The molecule has 1 aromatic carbocycles. The zero-order valence-corrected chi connectivity index (χ0v) is 12.6. The van der Waals surface area contributed by atoms with Gasteiger partial charge >= 0.3 is 5.97 Å². The smallest absolute Gasteiger partial charge is 0.322 e. The summed E-state index contributed by atoms with van der Waals surface area (Å²) in [7, 11) is -1.11. The summed E-state index contributed by atoms with van der Waals surface area (Å²) < 4.78 is 36.5. The second-order valence-electron chi connectivity index (χ2n) is 4.63. The Hall–Kier alpha value is -1.80. The highest BCUT2D eigenvalue weighted by atomic mass is 32.2. The van der Waals surface area contributed by atoms with Gasteiger partial charge in [-0.05, 0) is 25.0 Å². The summed E-state index contributed by atoms with van der Waals surface area (Å²) in [5.74, 6) is -0.545. The molecule has 1 saturated heterocycles. The van der Waals surface area contributed by atoms with Gasteiger partial charge in [-0.2, -0.15) is 4.31 Å². The topological polar surface area (TPSA) is 93.1 Å². The molecule has 0 radical (unpaired) electrons. The average molecular weight is 315 g/mol. The van der Waals surface area contributed by atoms with Crippen LogP contribution in [0, 0.1) is 0 Å². The summed E-state index contributed by atoms with van der Waals surface area (Å²) >= 11 is 0. The second kappa shape index (κ2) is 5.90. The molecular weight excluding hydrogens is 298 g/mol. The number of sulfonamides is 1. The first-order valence-corrected chi connectivity index (χ1v) is 7.82. The van der Waals surface area contributed by atoms with Gasteiger partial charge in [-0.15, -0.1) is 0 Å². The number of benzene rings is 1. The Balaban J connectivity index is 2.46. The number of carboxylic acids is 1. The first kappa shape index (κ1) is 15.6. The van der Waals surface area contributed by atoms with E-state index >= 15 is 0 Å². The standard InChI is InChI=1S/C13H17NO6S/c1-19-9-5-6-12(11(8-9)20-2)21(17,18)14-7-3-4-10(14)13(15)16/h5-6,8,10H,3-4,7H2,1-2H3,(H,15,16). The molecule has 0 saturated carbocycles. The van der Waals surface area contributed by atoms with E-state index in [2.05, 4.69) is 0 Å². The van der Waals surface area contributed by atoms with Gasteiger partial charge in [0.15, 0.2) is 0 Å². The normalized spacial score (nSPS) is 19.4. The number of hydrogen-bond donors (Lipinski definition) is 1. The highest BCUT2D eigenvalue weighted by Gasteiger charge is 2.40. The Morgan fingerprint density at radius 3 is 2.62 bits per heavy atom. The molecule has 1 N–H and O–H groups in total. The maximum absolute atomic E-state index is 12.7. The largest absolute Gasteiger partial charge is 0.497 e. The van der Waals surface area contributed by atoms with Crippen LogP contribution in [0.4, 0.5) is 0 Å². The van der Waals surface area contributed by atoms with Crippen molar-refractivity contribution in [1.82, 2.24) is 4.31 Å². The molecule has 1 atom stereocenters. The minimum Gasteiger partial charge on any atom is -0.497 e. The molecule has 1 aromatic rings. The Kier molecular flexibility index (Phi) is 4.38. The van der Waals surface area contributed by atoms with Crippen molar-refractivity contribution in [3.63, 3.8) is 0 Å². The number of ether oxygens (including phenoxy) is 2. The predicted molar refractivity (Wildman–Crippen MR) is 74.1 cm³/mol. The van der Waals surface area contributed by atoms with Gasteiger partial charge in [0, 0.05) is 12.6 Å². The molecule has 8 heteroatoms. The maximum atomic E-state index is 12.7. The summed E-state index contributed by atoms with van der Waals surface area (Å²) in [6, 6.07) is 3.30. The first-order valence-electron chi connectivity index (χ1n) is 6.38. The fraction of sp³-hybridized carbons (Fsp3) is 0.462. The van der Waals surface area contributed by atoms with Crippen LogP contribution >= 0.6 is 0 Å². The number of nitrogens with zero attached hydrogens (tertiary/aromatic N) is 1. The molecule has 0 spiro atoms. The van der Waals surface area contributed by atoms with Gasteiger partial charge in [0.2, 0.25) is 10.0 Å². The van der Waals surface area contributed by atoms with Crippen molar-refractivity contribution in [1.29, 1.82) is 0 Å². The van der Waals surface area contributed by atoms with Crippen molar-refractivity contribution in [2.75, 3.05) is 20.8 Å². The minimum absolute atomic E-state index is 0.0565. The lowest BCUT2D eigenvalue weighted by Crippen LogP contribution is -2.40. The van der Waals surface area contributed by atoms with E-state index in [0.29, 0.717) is 18.6 Å². The van der Waals surface area contributed by atoms with Crippen molar-refractivity contribution in [2.24, 2.45) is 0 Å². The Labute approximate surface area is 123 Å². The molecular formula is C13H17NO6S. The van der Waals surface area contributed by atoms with Crippen LogP contribution in [0.2, 0.25) is 0 Å². The fourth-order valence-corrected chi connectivity index (χ4v) is 4.18. The van der Waals surface area contributed by atoms with Crippen LogP contribution in [0.3, 0.4) is 0 Å². The maximum Gasteiger partial charge on any atom is 0.322 e. The van der Waals surface area contributed by atoms with Gasteiger partial charge < -0.3 is 14.6 Å². The molecule has 0 amide bonds. The molecule has 7 nitrogen and oxygen atoms in total. The fourth-order valence-electron chi connectivity index (χ4n) is 2.39.